The van der Waals surface area contributed by atoms with Gasteiger partial charge in [0.15, 0.2) is 11.5 Å². The zero-order valence-electron chi connectivity index (χ0n) is 18.8. The fraction of sp³-hybridized carbons (Fsp3) is 0.346. The predicted molar refractivity (Wildman–Crippen MR) is 128 cm³/mol. The van der Waals surface area contributed by atoms with Crippen LogP contribution in [-0.2, 0) is 13.1 Å². The molecule has 0 spiro atoms. The van der Waals surface area contributed by atoms with Crippen LogP contribution in [0.2, 0.25) is 0 Å². The standard InChI is InChI=1S/C26H27N3O4/c1-2-3-4-10-28-11-8-21-19(25(28)30)16-20-22(27-21)9-12-29(26(20)31)17-18-6-7-23-24(15-18)33-14-5-13-32-23/h6-9,11-12,15-16H,2-5,10,13-14,17H2,1H3. The third kappa shape index (κ3) is 4.23. The van der Waals surface area contributed by atoms with Crippen molar-refractivity contribution in [1.82, 2.24) is 14.1 Å². The first-order valence-corrected chi connectivity index (χ1v) is 11.6. The summed E-state index contributed by atoms with van der Waals surface area (Å²) in [7, 11) is 0. The Balaban J connectivity index is 1.51. The van der Waals surface area contributed by atoms with Crippen LogP contribution in [0.25, 0.3) is 21.8 Å². The molecule has 0 bridgehead atoms. The summed E-state index contributed by atoms with van der Waals surface area (Å²) >= 11 is 0. The smallest absolute Gasteiger partial charge is 0.260 e. The van der Waals surface area contributed by atoms with E-state index in [0.29, 0.717) is 53.9 Å². The van der Waals surface area contributed by atoms with Gasteiger partial charge in [-0.1, -0.05) is 25.8 Å². The van der Waals surface area contributed by atoms with Gasteiger partial charge in [-0.05, 0) is 42.3 Å². The second kappa shape index (κ2) is 9.10. The Morgan fingerprint density at radius 1 is 0.848 bits per heavy atom. The van der Waals surface area contributed by atoms with E-state index in [0.717, 1.165) is 37.0 Å². The number of rotatable bonds is 6. The molecule has 1 aromatic carbocycles. The van der Waals surface area contributed by atoms with E-state index in [9.17, 15) is 9.59 Å². The van der Waals surface area contributed by atoms with Gasteiger partial charge in [-0.25, -0.2) is 4.98 Å². The van der Waals surface area contributed by atoms with Gasteiger partial charge in [0.1, 0.15) is 0 Å². The van der Waals surface area contributed by atoms with Gasteiger partial charge >= 0.3 is 0 Å². The Kier molecular flexibility index (Phi) is 5.86. The molecule has 0 atom stereocenters. The molecule has 0 fully saturated rings. The molecule has 0 aliphatic carbocycles. The van der Waals surface area contributed by atoms with E-state index >= 15 is 0 Å². The highest BCUT2D eigenvalue weighted by Gasteiger charge is 2.13. The number of ether oxygens (including phenoxy) is 2. The highest BCUT2D eigenvalue weighted by molar-refractivity contribution is 5.91. The van der Waals surface area contributed by atoms with E-state index in [1.54, 1.807) is 27.6 Å². The van der Waals surface area contributed by atoms with Gasteiger partial charge in [-0.15, -0.1) is 0 Å². The molecule has 7 heteroatoms. The third-order valence-corrected chi connectivity index (χ3v) is 6.06. The van der Waals surface area contributed by atoms with Gasteiger partial charge in [0, 0.05) is 25.4 Å². The number of aromatic nitrogens is 3. The Morgan fingerprint density at radius 2 is 1.55 bits per heavy atom. The topological polar surface area (TPSA) is 75.3 Å². The lowest BCUT2D eigenvalue weighted by atomic mass is 10.1. The summed E-state index contributed by atoms with van der Waals surface area (Å²) in [5.41, 5.74) is 1.86. The van der Waals surface area contributed by atoms with Gasteiger partial charge in [-0.2, -0.15) is 0 Å². The van der Waals surface area contributed by atoms with E-state index in [1.165, 1.54) is 0 Å². The molecule has 0 N–H and O–H groups in total. The lowest BCUT2D eigenvalue weighted by Crippen LogP contribution is -2.22. The molecule has 1 aliphatic heterocycles. The quantitative estimate of drug-likeness (QED) is 0.330. The first-order chi connectivity index (χ1) is 16.1. The molecule has 170 valence electrons. The van der Waals surface area contributed by atoms with E-state index in [4.69, 9.17) is 9.47 Å². The van der Waals surface area contributed by atoms with Crippen LogP contribution in [0.15, 0.2) is 58.4 Å². The molecule has 0 radical (unpaired) electrons. The molecule has 0 saturated carbocycles. The zero-order chi connectivity index (χ0) is 22.8. The molecular formula is C26H27N3O4. The van der Waals surface area contributed by atoms with E-state index in [-0.39, 0.29) is 11.1 Å². The summed E-state index contributed by atoms with van der Waals surface area (Å²) in [5.74, 6) is 1.43. The average Bonchev–Trinajstić information content (AvgIpc) is 3.07. The summed E-state index contributed by atoms with van der Waals surface area (Å²) in [6.45, 7) is 4.44. The SMILES string of the molecule is CCCCCn1ccc2nc3ccn(Cc4ccc5c(c4)OCCCO5)c(=O)c3cc2c1=O. The van der Waals surface area contributed by atoms with Crippen molar-refractivity contribution in [3.8, 4) is 11.5 Å². The maximum atomic E-state index is 13.3. The first kappa shape index (κ1) is 21.2. The highest BCUT2D eigenvalue weighted by Crippen LogP contribution is 2.30. The highest BCUT2D eigenvalue weighted by atomic mass is 16.5. The van der Waals surface area contributed by atoms with Crippen LogP contribution in [0.4, 0.5) is 0 Å². The second-order valence-corrected chi connectivity index (χ2v) is 8.46. The van der Waals surface area contributed by atoms with Crippen LogP contribution in [0, 0.1) is 0 Å². The molecule has 33 heavy (non-hydrogen) atoms. The Labute approximate surface area is 191 Å². The van der Waals surface area contributed by atoms with Crippen molar-refractivity contribution >= 4 is 21.8 Å². The molecule has 0 unspecified atom stereocenters. The lowest BCUT2D eigenvalue weighted by molar-refractivity contribution is 0.297. The fourth-order valence-corrected chi connectivity index (χ4v) is 4.24. The fourth-order valence-electron chi connectivity index (χ4n) is 4.24. The second-order valence-electron chi connectivity index (χ2n) is 8.46. The summed E-state index contributed by atoms with van der Waals surface area (Å²) in [6.07, 6.45) is 7.51. The van der Waals surface area contributed by atoms with Crippen molar-refractivity contribution in [1.29, 1.82) is 0 Å². The molecule has 1 aliphatic rings. The molecule has 7 nitrogen and oxygen atoms in total. The minimum atomic E-state index is -0.171. The molecule has 4 heterocycles. The zero-order valence-corrected chi connectivity index (χ0v) is 18.8. The number of benzene rings is 1. The van der Waals surface area contributed by atoms with Crippen LogP contribution in [0.3, 0.4) is 0 Å². The van der Waals surface area contributed by atoms with Crippen LogP contribution in [-0.4, -0.2) is 27.3 Å². The van der Waals surface area contributed by atoms with Gasteiger partial charge < -0.3 is 18.6 Å². The minimum Gasteiger partial charge on any atom is -0.490 e. The van der Waals surface area contributed by atoms with Crippen molar-refractivity contribution in [3.05, 3.63) is 75.1 Å². The van der Waals surface area contributed by atoms with Gasteiger partial charge in [0.2, 0.25) is 0 Å². The molecule has 5 rings (SSSR count). The summed E-state index contributed by atoms with van der Waals surface area (Å²) in [4.78, 5) is 30.9. The van der Waals surface area contributed by atoms with Crippen molar-refractivity contribution in [2.75, 3.05) is 13.2 Å². The maximum Gasteiger partial charge on any atom is 0.260 e. The van der Waals surface area contributed by atoms with Crippen molar-refractivity contribution in [3.63, 3.8) is 0 Å². The van der Waals surface area contributed by atoms with Gasteiger partial charge in [0.05, 0.1) is 41.6 Å². The largest absolute Gasteiger partial charge is 0.490 e. The minimum absolute atomic E-state index is 0.101. The lowest BCUT2D eigenvalue weighted by Gasteiger charge is -2.12. The first-order valence-electron chi connectivity index (χ1n) is 11.6. The number of hydrogen-bond donors (Lipinski definition) is 0. The summed E-state index contributed by atoms with van der Waals surface area (Å²) < 4.78 is 14.8. The van der Waals surface area contributed by atoms with Crippen molar-refractivity contribution in [2.24, 2.45) is 0 Å². The average molecular weight is 446 g/mol. The van der Waals surface area contributed by atoms with Gasteiger partial charge in [-0.3, -0.25) is 9.59 Å². The Hall–Kier alpha value is -3.61. The normalized spacial score (nSPS) is 13.4. The van der Waals surface area contributed by atoms with Crippen LogP contribution in [0.1, 0.15) is 38.2 Å². The predicted octanol–water partition coefficient (Wildman–Crippen LogP) is 4.11. The number of hydrogen-bond acceptors (Lipinski definition) is 5. The van der Waals surface area contributed by atoms with E-state index in [1.807, 2.05) is 30.3 Å². The molecule has 0 amide bonds. The number of nitrogens with zero attached hydrogens (tertiary/aromatic N) is 3. The maximum absolute atomic E-state index is 13.3. The number of aryl methyl sites for hydroxylation is 1. The molecule has 4 aromatic rings. The summed E-state index contributed by atoms with van der Waals surface area (Å²) in [6, 6.07) is 11.1. The van der Waals surface area contributed by atoms with Crippen LogP contribution >= 0.6 is 0 Å². The Bertz CT molecular complexity index is 1440. The molecule has 3 aromatic heterocycles. The van der Waals surface area contributed by atoms with E-state index in [2.05, 4.69) is 11.9 Å². The van der Waals surface area contributed by atoms with E-state index < -0.39 is 0 Å². The van der Waals surface area contributed by atoms with Crippen LogP contribution < -0.4 is 20.6 Å². The van der Waals surface area contributed by atoms with Gasteiger partial charge in [0.25, 0.3) is 11.1 Å². The van der Waals surface area contributed by atoms with Crippen LogP contribution in [0.5, 0.6) is 11.5 Å². The number of pyridine rings is 3. The number of fused-ring (bicyclic) bond motifs is 3. The third-order valence-electron chi connectivity index (χ3n) is 6.06. The monoisotopic (exact) mass is 445 g/mol. The molecular weight excluding hydrogens is 418 g/mol. The number of unbranched alkanes of at least 4 members (excludes halogenated alkanes) is 2. The Morgan fingerprint density at radius 3 is 2.30 bits per heavy atom. The molecule has 0 saturated heterocycles. The summed E-state index contributed by atoms with van der Waals surface area (Å²) in [5, 5.41) is 0.926. The van der Waals surface area contributed by atoms with Crippen molar-refractivity contribution in [2.45, 2.75) is 45.7 Å². The van der Waals surface area contributed by atoms with Crippen molar-refractivity contribution < 1.29 is 9.47 Å².